The molecule has 1 saturated heterocycles. The minimum absolute atomic E-state index is 0.0149. The lowest BCUT2D eigenvalue weighted by Gasteiger charge is -2.32. The molecule has 4 nitrogen and oxygen atoms in total. The predicted octanol–water partition coefficient (Wildman–Crippen LogP) is 3.36. The van der Waals surface area contributed by atoms with E-state index in [2.05, 4.69) is 10.2 Å². The van der Waals surface area contributed by atoms with Gasteiger partial charge in [-0.05, 0) is 43.1 Å². The average molecular weight is 356 g/mol. The zero-order valence-electron chi connectivity index (χ0n) is 15.1. The summed E-state index contributed by atoms with van der Waals surface area (Å²) >= 11 is 0. The van der Waals surface area contributed by atoms with Crippen LogP contribution >= 0.6 is 0 Å². The predicted molar refractivity (Wildman–Crippen MR) is 99.2 cm³/mol. The molecule has 0 bridgehead atoms. The van der Waals surface area contributed by atoms with Gasteiger partial charge in [0.05, 0.1) is 13.0 Å². The van der Waals surface area contributed by atoms with E-state index in [4.69, 9.17) is 4.74 Å². The van der Waals surface area contributed by atoms with E-state index in [-0.39, 0.29) is 17.6 Å². The van der Waals surface area contributed by atoms with Crippen LogP contribution in [0.5, 0.6) is 5.75 Å². The van der Waals surface area contributed by atoms with Crippen molar-refractivity contribution in [2.24, 2.45) is 5.92 Å². The van der Waals surface area contributed by atoms with Crippen molar-refractivity contribution in [2.75, 3.05) is 20.2 Å². The molecule has 1 atom stereocenters. The number of halogens is 1. The normalized spacial score (nSPS) is 17.7. The number of ether oxygens (including phenoxy) is 1. The number of nitrogens with zero attached hydrogens (tertiary/aromatic N) is 1. The van der Waals surface area contributed by atoms with Crippen molar-refractivity contribution < 1.29 is 13.9 Å². The summed E-state index contributed by atoms with van der Waals surface area (Å²) in [6.07, 6.45) is 1.89. The second-order valence-corrected chi connectivity index (χ2v) is 6.73. The standard InChI is InChI=1S/C21H25FN2O2/c1-26-20-7-3-2-5-17(20)13-23-21(25)18-6-4-12-24(15-18)14-16-8-10-19(22)11-9-16/h2-3,5,7-11,18H,4,6,12-15H2,1H3,(H,23,25). The van der Waals surface area contributed by atoms with Crippen molar-refractivity contribution in [3.8, 4) is 5.75 Å². The van der Waals surface area contributed by atoms with Gasteiger partial charge in [0, 0.05) is 25.2 Å². The molecular formula is C21H25FN2O2. The number of hydrogen-bond acceptors (Lipinski definition) is 3. The van der Waals surface area contributed by atoms with E-state index >= 15 is 0 Å². The van der Waals surface area contributed by atoms with Gasteiger partial charge in [-0.3, -0.25) is 9.69 Å². The highest BCUT2D eigenvalue weighted by Crippen LogP contribution is 2.20. The molecule has 1 unspecified atom stereocenters. The van der Waals surface area contributed by atoms with E-state index in [9.17, 15) is 9.18 Å². The molecule has 2 aromatic carbocycles. The van der Waals surface area contributed by atoms with Crippen LogP contribution < -0.4 is 10.1 Å². The van der Waals surface area contributed by atoms with Gasteiger partial charge in [0.25, 0.3) is 0 Å². The first-order valence-corrected chi connectivity index (χ1v) is 9.02. The zero-order valence-corrected chi connectivity index (χ0v) is 15.1. The Morgan fingerprint density at radius 1 is 1.23 bits per heavy atom. The summed E-state index contributed by atoms with van der Waals surface area (Å²) in [5, 5.41) is 3.04. The Hall–Kier alpha value is -2.40. The summed E-state index contributed by atoms with van der Waals surface area (Å²) in [6.45, 7) is 2.91. The van der Waals surface area contributed by atoms with Crippen LogP contribution in [0.1, 0.15) is 24.0 Å². The van der Waals surface area contributed by atoms with E-state index in [1.807, 2.05) is 24.3 Å². The van der Waals surface area contributed by atoms with Crippen molar-refractivity contribution in [3.05, 3.63) is 65.5 Å². The zero-order chi connectivity index (χ0) is 18.4. The second-order valence-electron chi connectivity index (χ2n) is 6.73. The number of rotatable bonds is 6. The van der Waals surface area contributed by atoms with E-state index in [1.165, 1.54) is 12.1 Å². The molecule has 26 heavy (non-hydrogen) atoms. The van der Waals surface area contributed by atoms with Gasteiger partial charge in [-0.1, -0.05) is 30.3 Å². The largest absolute Gasteiger partial charge is 0.496 e. The lowest BCUT2D eigenvalue weighted by atomic mass is 9.96. The fraction of sp³-hybridized carbons (Fsp3) is 0.381. The maximum atomic E-state index is 13.0. The molecule has 1 amide bonds. The van der Waals surface area contributed by atoms with Crippen LogP contribution in [-0.2, 0) is 17.9 Å². The van der Waals surface area contributed by atoms with Crippen molar-refractivity contribution in [1.29, 1.82) is 0 Å². The summed E-state index contributed by atoms with van der Waals surface area (Å²) in [4.78, 5) is 14.9. The number of amides is 1. The fourth-order valence-electron chi connectivity index (χ4n) is 3.44. The minimum atomic E-state index is -0.221. The molecule has 0 radical (unpaired) electrons. The maximum Gasteiger partial charge on any atom is 0.224 e. The number of benzene rings is 2. The molecule has 1 heterocycles. The summed E-state index contributed by atoms with van der Waals surface area (Å²) in [6, 6.07) is 14.3. The molecule has 1 aliphatic rings. The SMILES string of the molecule is COc1ccccc1CNC(=O)C1CCCN(Cc2ccc(F)cc2)C1. The third-order valence-electron chi connectivity index (χ3n) is 4.84. The highest BCUT2D eigenvalue weighted by molar-refractivity contribution is 5.79. The van der Waals surface area contributed by atoms with Crippen LogP contribution in [0, 0.1) is 11.7 Å². The van der Waals surface area contributed by atoms with Gasteiger partial charge in [-0.25, -0.2) is 4.39 Å². The number of carbonyl (C=O) groups excluding carboxylic acids is 1. The quantitative estimate of drug-likeness (QED) is 0.863. The number of hydrogen-bond donors (Lipinski definition) is 1. The number of piperidine rings is 1. The highest BCUT2D eigenvalue weighted by atomic mass is 19.1. The number of nitrogens with one attached hydrogen (secondary N) is 1. The van der Waals surface area contributed by atoms with E-state index in [1.54, 1.807) is 19.2 Å². The van der Waals surface area contributed by atoms with Gasteiger partial charge in [0.1, 0.15) is 11.6 Å². The molecule has 138 valence electrons. The van der Waals surface area contributed by atoms with Crippen LogP contribution in [0.15, 0.2) is 48.5 Å². The molecule has 2 aromatic rings. The van der Waals surface area contributed by atoms with Gasteiger partial charge in [0.2, 0.25) is 5.91 Å². The molecule has 1 aliphatic heterocycles. The number of para-hydroxylation sites is 1. The number of methoxy groups -OCH3 is 1. The monoisotopic (exact) mass is 356 g/mol. The van der Waals surface area contributed by atoms with Gasteiger partial charge >= 0.3 is 0 Å². The third kappa shape index (κ3) is 4.82. The molecule has 0 aliphatic carbocycles. The second kappa shape index (κ2) is 8.81. The molecule has 5 heteroatoms. The topological polar surface area (TPSA) is 41.6 Å². The van der Waals surface area contributed by atoms with Crippen LogP contribution in [-0.4, -0.2) is 31.0 Å². The Morgan fingerprint density at radius 2 is 2.00 bits per heavy atom. The van der Waals surface area contributed by atoms with Crippen LogP contribution in [0.25, 0.3) is 0 Å². The summed E-state index contributed by atoms with van der Waals surface area (Å²) in [5.74, 6) is 0.633. The van der Waals surface area contributed by atoms with Crippen LogP contribution in [0.2, 0.25) is 0 Å². The smallest absolute Gasteiger partial charge is 0.224 e. The average Bonchev–Trinajstić information content (AvgIpc) is 2.68. The Balaban J connectivity index is 1.53. The van der Waals surface area contributed by atoms with Gasteiger partial charge in [-0.2, -0.15) is 0 Å². The lowest BCUT2D eigenvalue weighted by molar-refractivity contribution is -0.126. The Kier molecular flexibility index (Phi) is 6.23. The summed E-state index contributed by atoms with van der Waals surface area (Å²) < 4.78 is 18.4. The molecule has 3 rings (SSSR count). The van der Waals surface area contributed by atoms with Crippen molar-refractivity contribution >= 4 is 5.91 Å². The van der Waals surface area contributed by atoms with E-state index < -0.39 is 0 Å². The Morgan fingerprint density at radius 3 is 2.77 bits per heavy atom. The third-order valence-corrected chi connectivity index (χ3v) is 4.84. The minimum Gasteiger partial charge on any atom is -0.496 e. The first kappa shape index (κ1) is 18.4. The molecular weight excluding hydrogens is 331 g/mol. The molecule has 0 aromatic heterocycles. The number of carbonyl (C=O) groups is 1. The van der Waals surface area contributed by atoms with Crippen molar-refractivity contribution in [1.82, 2.24) is 10.2 Å². The van der Waals surface area contributed by atoms with Crippen LogP contribution in [0.4, 0.5) is 4.39 Å². The molecule has 0 spiro atoms. The van der Waals surface area contributed by atoms with Gasteiger partial charge in [0.15, 0.2) is 0 Å². The summed E-state index contributed by atoms with van der Waals surface area (Å²) in [5.41, 5.74) is 2.05. The summed E-state index contributed by atoms with van der Waals surface area (Å²) in [7, 11) is 1.63. The van der Waals surface area contributed by atoms with Gasteiger partial charge in [-0.15, -0.1) is 0 Å². The first-order valence-electron chi connectivity index (χ1n) is 9.02. The molecule has 1 fully saturated rings. The molecule has 1 N–H and O–H groups in total. The van der Waals surface area contributed by atoms with Gasteiger partial charge < -0.3 is 10.1 Å². The molecule has 0 saturated carbocycles. The van der Waals surface area contributed by atoms with Crippen molar-refractivity contribution in [3.63, 3.8) is 0 Å². The highest BCUT2D eigenvalue weighted by Gasteiger charge is 2.25. The van der Waals surface area contributed by atoms with Crippen molar-refractivity contribution in [2.45, 2.75) is 25.9 Å². The Labute approximate surface area is 154 Å². The lowest BCUT2D eigenvalue weighted by Crippen LogP contribution is -2.42. The fourth-order valence-corrected chi connectivity index (χ4v) is 3.44. The number of likely N-dealkylation sites (tertiary alicyclic amines) is 1. The van der Waals surface area contributed by atoms with Crippen LogP contribution in [0.3, 0.4) is 0 Å². The van der Waals surface area contributed by atoms with E-state index in [0.717, 1.165) is 49.4 Å². The Bertz CT molecular complexity index is 733. The first-order chi connectivity index (χ1) is 12.7. The maximum absolute atomic E-state index is 13.0. The van der Waals surface area contributed by atoms with E-state index in [0.29, 0.717) is 6.54 Å².